The Morgan fingerprint density at radius 3 is 2.47 bits per heavy atom. The fraction of sp³-hybridized carbons (Fsp3) is 0.519. The van der Waals surface area contributed by atoms with Crippen LogP contribution in [0.2, 0.25) is 10.0 Å². The zero-order chi connectivity index (χ0) is 26.7. The number of hydrogen-bond donors (Lipinski definition) is 4. The zero-order valence-electron chi connectivity index (χ0n) is 20.9. The van der Waals surface area contributed by atoms with Crippen molar-refractivity contribution < 1.29 is 18.7 Å². The van der Waals surface area contributed by atoms with Gasteiger partial charge in [-0.3, -0.25) is 4.79 Å². The summed E-state index contributed by atoms with van der Waals surface area (Å²) in [5.74, 6) is -1.94. The summed E-state index contributed by atoms with van der Waals surface area (Å²) in [7, 11) is 0. The van der Waals surface area contributed by atoms with Crippen molar-refractivity contribution in [2.45, 2.75) is 70.0 Å². The molecule has 4 atom stereocenters. The molecule has 198 valence electrons. The first-order valence-electron chi connectivity index (χ1n) is 12.2. The van der Waals surface area contributed by atoms with Crippen molar-refractivity contribution in [3.8, 4) is 0 Å². The van der Waals surface area contributed by atoms with Crippen LogP contribution in [0, 0.1) is 17.0 Å². The van der Waals surface area contributed by atoms with Crippen molar-refractivity contribution in [1.29, 1.82) is 0 Å². The number of hydrogen-bond acceptors (Lipinski definition) is 4. The minimum absolute atomic E-state index is 0.0421. The molecule has 0 bridgehead atoms. The molecule has 9 heteroatoms. The Balaban J connectivity index is 2.09. The van der Waals surface area contributed by atoms with Gasteiger partial charge >= 0.3 is 0 Å². The topological polar surface area (TPSA) is 87.4 Å². The van der Waals surface area contributed by atoms with E-state index in [2.05, 4.69) is 31.4 Å². The highest BCUT2D eigenvalue weighted by Gasteiger charge is 2.56. The van der Waals surface area contributed by atoms with Crippen molar-refractivity contribution in [3.63, 3.8) is 0 Å². The molecule has 0 spiro atoms. The number of amides is 1. The van der Waals surface area contributed by atoms with E-state index in [1.165, 1.54) is 18.2 Å². The maximum absolute atomic E-state index is 14.9. The average Bonchev–Trinajstić information content (AvgIpc) is 3.05. The van der Waals surface area contributed by atoms with Gasteiger partial charge in [0.15, 0.2) is 0 Å². The third-order valence-electron chi connectivity index (χ3n) is 6.74. The van der Waals surface area contributed by atoms with Gasteiger partial charge in [0.25, 0.3) is 0 Å². The molecule has 1 heterocycles. The minimum atomic E-state index is -1.11. The van der Waals surface area contributed by atoms with E-state index in [0.29, 0.717) is 36.9 Å². The van der Waals surface area contributed by atoms with Crippen LogP contribution in [-0.4, -0.2) is 41.8 Å². The molecule has 5 nitrogen and oxygen atoms in total. The molecule has 36 heavy (non-hydrogen) atoms. The van der Waals surface area contributed by atoms with E-state index >= 15 is 0 Å². The Kier molecular flexibility index (Phi) is 9.39. The summed E-state index contributed by atoms with van der Waals surface area (Å²) in [5.41, 5.74) is 6.91. The van der Waals surface area contributed by atoms with Gasteiger partial charge in [-0.15, -0.1) is 0 Å². The molecule has 0 aliphatic carbocycles. The molecule has 2 aromatic carbocycles. The van der Waals surface area contributed by atoms with Crippen LogP contribution in [0.3, 0.4) is 0 Å². The highest BCUT2D eigenvalue weighted by atomic mass is 35.5. The summed E-state index contributed by atoms with van der Waals surface area (Å²) in [4.78, 5) is 13.4. The zero-order valence-corrected chi connectivity index (χ0v) is 22.4. The van der Waals surface area contributed by atoms with Gasteiger partial charge in [-0.2, -0.15) is 0 Å². The monoisotopic (exact) mass is 541 g/mol. The normalized spacial score (nSPS) is 24.2. The van der Waals surface area contributed by atoms with Gasteiger partial charge in [0.05, 0.1) is 11.1 Å². The fourth-order valence-electron chi connectivity index (χ4n) is 5.08. The SMILES string of the molecule is CC(C)(C)CC1NC(C(=O)NCCCCO)C(c2ccc(F)c(Cl)c2)C1(N)Cc1ccc(Cl)cc1F. The molecule has 0 radical (unpaired) electrons. The standard InChI is InChI=1S/C27H35Cl2F2N3O2/c1-26(2,3)15-22-27(32,14-17-6-8-18(28)13-21(17)31)23(16-7-9-20(30)19(29)12-16)24(34-22)25(36)33-10-4-5-11-35/h6-9,12-13,22-24,34-35H,4-5,10-11,14-15,32H2,1-3H3,(H,33,36). The summed E-state index contributed by atoms with van der Waals surface area (Å²) in [6.45, 7) is 6.65. The van der Waals surface area contributed by atoms with Crippen LogP contribution < -0.4 is 16.4 Å². The summed E-state index contributed by atoms with van der Waals surface area (Å²) in [6, 6.07) is 7.68. The number of benzene rings is 2. The second kappa shape index (κ2) is 11.7. The number of carbonyl (C=O) groups excluding carboxylic acids is 1. The molecule has 4 unspecified atom stereocenters. The predicted octanol–water partition coefficient (Wildman–Crippen LogP) is 4.96. The predicted molar refractivity (Wildman–Crippen MR) is 140 cm³/mol. The molecule has 1 aliphatic heterocycles. The summed E-state index contributed by atoms with van der Waals surface area (Å²) in [6.07, 6.45) is 1.92. The number of nitrogens with one attached hydrogen (secondary N) is 2. The number of carbonyl (C=O) groups is 1. The largest absolute Gasteiger partial charge is 0.396 e. The van der Waals surface area contributed by atoms with Crippen LogP contribution in [0.1, 0.15) is 57.1 Å². The van der Waals surface area contributed by atoms with E-state index in [-0.39, 0.29) is 40.4 Å². The summed E-state index contributed by atoms with van der Waals surface area (Å²) < 4.78 is 29.0. The molecule has 5 N–H and O–H groups in total. The van der Waals surface area contributed by atoms with Crippen LogP contribution in [0.4, 0.5) is 8.78 Å². The maximum Gasteiger partial charge on any atom is 0.237 e. The number of unbranched alkanes of at least 4 members (excludes halogenated alkanes) is 1. The third kappa shape index (κ3) is 6.75. The summed E-state index contributed by atoms with van der Waals surface area (Å²) >= 11 is 12.1. The van der Waals surface area contributed by atoms with Crippen LogP contribution in [0.15, 0.2) is 36.4 Å². The van der Waals surface area contributed by atoms with Crippen LogP contribution >= 0.6 is 23.2 Å². The smallest absolute Gasteiger partial charge is 0.237 e. The Bertz CT molecular complexity index is 1080. The van der Waals surface area contributed by atoms with Crippen molar-refractivity contribution in [2.24, 2.45) is 11.1 Å². The van der Waals surface area contributed by atoms with E-state index in [0.717, 1.165) is 0 Å². The van der Waals surface area contributed by atoms with Gasteiger partial charge in [-0.25, -0.2) is 8.78 Å². The lowest BCUT2D eigenvalue weighted by Gasteiger charge is -2.39. The van der Waals surface area contributed by atoms with Crippen LogP contribution in [0.25, 0.3) is 0 Å². The van der Waals surface area contributed by atoms with Gasteiger partial charge in [0, 0.05) is 35.7 Å². The highest BCUT2D eigenvalue weighted by Crippen LogP contribution is 2.45. The Hall–Kier alpha value is -1.77. The van der Waals surface area contributed by atoms with Crippen molar-refractivity contribution in [1.82, 2.24) is 10.6 Å². The lowest BCUT2D eigenvalue weighted by Crippen LogP contribution is -2.56. The number of rotatable bonds is 9. The molecule has 1 aliphatic rings. The molecule has 0 saturated carbocycles. The minimum Gasteiger partial charge on any atom is -0.396 e. The van der Waals surface area contributed by atoms with Gasteiger partial charge in [0.2, 0.25) is 5.91 Å². The van der Waals surface area contributed by atoms with Gasteiger partial charge in [0.1, 0.15) is 11.6 Å². The molecule has 0 aromatic heterocycles. The van der Waals surface area contributed by atoms with Crippen LogP contribution in [0.5, 0.6) is 0 Å². The van der Waals surface area contributed by atoms with E-state index in [1.807, 2.05) is 0 Å². The Morgan fingerprint density at radius 2 is 1.86 bits per heavy atom. The van der Waals surface area contributed by atoms with Crippen LogP contribution in [-0.2, 0) is 11.2 Å². The second-order valence-corrected chi connectivity index (χ2v) is 11.7. The van der Waals surface area contributed by atoms with E-state index in [1.54, 1.807) is 18.2 Å². The Labute approximate surface area is 221 Å². The van der Waals surface area contributed by atoms with Crippen molar-refractivity contribution >= 4 is 29.1 Å². The average molecular weight is 542 g/mol. The highest BCUT2D eigenvalue weighted by molar-refractivity contribution is 6.31. The number of halogens is 4. The third-order valence-corrected chi connectivity index (χ3v) is 7.26. The first-order chi connectivity index (χ1) is 16.9. The molecular formula is C27H35Cl2F2N3O2. The first-order valence-corrected chi connectivity index (χ1v) is 12.9. The van der Waals surface area contributed by atoms with Gasteiger partial charge < -0.3 is 21.5 Å². The first kappa shape index (κ1) is 28.8. The second-order valence-electron chi connectivity index (χ2n) is 10.9. The number of nitrogens with two attached hydrogens (primary N) is 1. The van der Waals surface area contributed by atoms with Crippen molar-refractivity contribution in [3.05, 3.63) is 69.2 Å². The molecule has 3 rings (SSSR count). The number of aliphatic hydroxyl groups is 1. The fourth-order valence-corrected chi connectivity index (χ4v) is 5.43. The molecule has 1 fully saturated rings. The van der Waals surface area contributed by atoms with E-state index in [9.17, 15) is 13.6 Å². The molecular weight excluding hydrogens is 507 g/mol. The quantitative estimate of drug-likeness (QED) is 0.338. The molecule has 1 amide bonds. The van der Waals surface area contributed by atoms with Gasteiger partial charge in [-0.1, -0.05) is 56.1 Å². The van der Waals surface area contributed by atoms with E-state index < -0.39 is 29.1 Å². The lowest BCUT2D eigenvalue weighted by molar-refractivity contribution is -0.123. The Morgan fingerprint density at radius 1 is 1.14 bits per heavy atom. The molecule has 1 saturated heterocycles. The van der Waals surface area contributed by atoms with E-state index in [4.69, 9.17) is 34.0 Å². The van der Waals surface area contributed by atoms with Gasteiger partial charge in [-0.05, 0) is 66.5 Å². The van der Waals surface area contributed by atoms with Crippen molar-refractivity contribution in [2.75, 3.05) is 13.2 Å². The number of aliphatic hydroxyl groups excluding tert-OH is 1. The maximum atomic E-state index is 14.9. The lowest BCUT2D eigenvalue weighted by atomic mass is 9.69. The summed E-state index contributed by atoms with van der Waals surface area (Å²) in [5, 5.41) is 15.6. The molecule has 2 aromatic rings.